The van der Waals surface area contributed by atoms with Crippen LogP contribution in [-0.4, -0.2) is 44.5 Å². The second kappa shape index (κ2) is 8.16. The Kier molecular flexibility index (Phi) is 6.22. The molecule has 1 fully saturated rings. The van der Waals surface area contributed by atoms with E-state index in [1.54, 1.807) is 20.3 Å². The zero-order chi connectivity index (χ0) is 16.8. The van der Waals surface area contributed by atoms with Crippen molar-refractivity contribution in [1.82, 2.24) is 4.90 Å². The lowest BCUT2D eigenvalue weighted by Gasteiger charge is -2.32. The molecule has 0 unspecified atom stereocenters. The van der Waals surface area contributed by atoms with Crippen LogP contribution < -0.4 is 9.47 Å². The third-order valence-corrected chi connectivity index (χ3v) is 4.52. The van der Waals surface area contributed by atoms with Crippen LogP contribution in [-0.2, 0) is 0 Å². The Morgan fingerprint density at radius 1 is 1.35 bits per heavy atom. The monoisotopic (exact) mass is 317 g/mol. The molecule has 1 aromatic rings. The molecule has 4 heteroatoms. The summed E-state index contributed by atoms with van der Waals surface area (Å²) in [6.45, 7) is 7.02. The highest BCUT2D eigenvalue weighted by Gasteiger charge is 2.28. The highest BCUT2D eigenvalue weighted by Crippen LogP contribution is 2.29. The number of hydrogen-bond acceptors (Lipinski definition) is 4. The van der Waals surface area contributed by atoms with Gasteiger partial charge in [-0.25, -0.2) is 0 Å². The van der Waals surface area contributed by atoms with Crippen molar-refractivity contribution in [3.8, 4) is 11.5 Å². The van der Waals surface area contributed by atoms with Crippen molar-refractivity contribution in [2.45, 2.75) is 26.7 Å². The van der Waals surface area contributed by atoms with Crippen LogP contribution in [0, 0.1) is 5.92 Å². The van der Waals surface area contributed by atoms with Crippen LogP contribution in [0.2, 0.25) is 0 Å². The Morgan fingerprint density at radius 2 is 2.13 bits per heavy atom. The number of rotatable bonds is 6. The summed E-state index contributed by atoms with van der Waals surface area (Å²) < 4.78 is 10.6. The summed E-state index contributed by atoms with van der Waals surface area (Å²) in [5, 5.41) is 0. The number of carbonyl (C=O) groups excluding carboxylic acids is 1. The van der Waals surface area contributed by atoms with Crippen LogP contribution in [0.25, 0.3) is 0 Å². The van der Waals surface area contributed by atoms with E-state index in [0.29, 0.717) is 17.1 Å². The highest BCUT2D eigenvalue weighted by molar-refractivity contribution is 6.00. The Hall–Kier alpha value is -1.81. The van der Waals surface area contributed by atoms with E-state index in [-0.39, 0.29) is 11.7 Å². The van der Waals surface area contributed by atoms with E-state index in [0.717, 1.165) is 32.5 Å². The van der Waals surface area contributed by atoms with Crippen molar-refractivity contribution >= 4 is 5.78 Å². The summed E-state index contributed by atoms with van der Waals surface area (Å²) in [5.74, 6) is 1.51. The number of ether oxygens (including phenoxy) is 2. The largest absolute Gasteiger partial charge is 0.497 e. The maximum atomic E-state index is 12.9. The Bertz CT molecular complexity index is 580. The van der Waals surface area contributed by atoms with Gasteiger partial charge in [0.2, 0.25) is 0 Å². The van der Waals surface area contributed by atoms with E-state index >= 15 is 0 Å². The lowest BCUT2D eigenvalue weighted by atomic mass is 9.89. The SMILES string of the molecule is C/C=C(\C)CN1CCC[C@@H](C(=O)c2ccc(OC)cc2OC)C1. The molecule has 0 aromatic heterocycles. The van der Waals surface area contributed by atoms with Gasteiger partial charge >= 0.3 is 0 Å². The van der Waals surface area contributed by atoms with Crippen LogP contribution in [0.4, 0.5) is 0 Å². The fourth-order valence-corrected chi connectivity index (χ4v) is 3.08. The van der Waals surface area contributed by atoms with Gasteiger partial charge in [-0.1, -0.05) is 11.6 Å². The quantitative estimate of drug-likeness (QED) is 0.594. The van der Waals surface area contributed by atoms with Crippen molar-refractivity contribution in [2.24, 2.45) is 5.92 Å². The van der Waals surface area contributed by atoms with Crippen LogP contribution >= 0.6 is 0 Å². The lowest BCUT2D eigenvalue weighted by molar-refractivity contribution is 0.0826. The molecule has 0 spiro atoms. The summed E-state index contributed by atoms with van der Waals surface area (Å²) in [5.41, 5.74) is 2.00. The first-order valence-corrected chi connectivity index (χ1v) is 8.19. The van der Waals surface area contributed by atoms with Gasteiger partial charge in [0.1, 0.15) is 11.5 Å². The molecular weight excluding hydrogens is 290 g/mol. The number of nitrogens with zero attached hydrogens (tertiary/aromatic N) is 1. The molecule has 1 atom stereocenters. The Labute approximate surface area is 139 Å². The predicted octanol–water partition coefficient (Wildman–Crippen LogP) is 3.56. The van der Waals surface area contributed by atoms with Gasteiger partial charge < -0.3 is 9.47 Å². The molecule has 1 saturated heterocycles. The first kappa shape index (κ1) is 17.5. The molecule has 1 aliphatic heterocycles. The number of benzene rings is 1. The van der Waals surface area contributed by atoms with E-state index in [1.165, 1.54) is 5.57 Å². The van der Waals surface area contributed by atoms with Crippen molar-refractivity contribution in [3.05, 3.63) is 35.4 Å². The van der Waals surface area contributed by atoms with Gasteiger partial charge in [-0.2, -0.15) is 0 Å². The summed E-state index contributed by atoms with van der Waals surface area (Å²) in [6, 6.07) is 5.41. The van der Waals surface area contributed by atoms with Crippen molar-refractivity contribution in [3.63, 3.8) is 0 Å². The number of likely N-dealkylation sites (tertiary alicyclic amines) is 1. The van der Waals surface area contributed by atoms with Gasteiger partial charge in [0.15, 0.2) is 5.78 Å². The molecule has 1 heterocycles. The second-order valence-corrected chi connectivity index (χ2v) is 6.14. The van der Waals surface area contributed by atoms with Crippen molar-refractivity contribution < 1.29 is 14.3 Å². The average molecular weight is 317 g/mol. The average Bonchev–Trinajstić information content (AvgIpc) is 2.60. The van der Waals surface area contributed by atoms with E-state index in [4.69, 9.17) is 9.47 Å². The van der Waals surface area contributed by atoms with E-state index in [9.17, 15) is 4.79 Å². The molecule has 0 radical (unpaired) electrons. The molecule has 4 nitrogen and oxygen atoms in total. The minimum atomic E-state index is 0.0377. The molecule has 126 valence electrons. The first-order valence-electron chi connectivity index (χ1n) is 8.19. The third kappa shape index (κ3) is 4.35. The fraction of sp³-hybridized carbons (Fsp3) is 0.526. The number of methoxy groups -OCH3 is 2. The van der Waals surface area contributed by atoms with Gasteiger partial charge in [-0.05, 0) is 45.4 Å². The lowest BCUT2D eigenvalue weighted by Crippen LogP contribution is -2.39. The summed E-state index contributed by atoms with van der Waals surface area (Å²) in [7, 11) is 3.20. The Balaban J connectivity index is 2.13. The minimum Gasteiger partial charge on any atom is -0.497 e. The fourth-order valence-electron chi connectivity index (χ4n) is 3.08. The third-order valence-electron chi connectivity index (χ3n) is 4.52. The van der Waals surface area contributed by atoms with Crippen LogP contribution in [0.5, 0.6) is 11.5 Å². The maximum Gasteiger partial charge on any atom is 0.170 e. The zero-order valence-electron chi connectivity index (χ0n) is 14.6. The van der Waals surface area contributed by atoms with Crippen LogP contribution in [0.3, 0.4) is 0 Å². The summed E-state index contributed by atoms with van der Waals surface area (Å²) in [6.07, 6.45) is 4.14. The van der Waals surface area contributed by atoms with Gasteiger partial charge in [-0.3, -0.25) is 9.69 Å². The number of allylic oxidation sites excluding steroid dienone is 1. The molecule has 23 heavy (non-hydrogen) atoms. The topological polar surface area (TPSA) is 38.8 Å². The molecule has 0 N–H and O–H groups in total. The standard InChI is InChI=1S/C19H27NO3/c1-5-14(2)12-20-10-6-7-15(13-20)19(21)17-9-8-16(22-3)11-18(17)23-4/h5,8-9,11,15H,6-7,10,12-13H2,1-4H3/b14-5+/t15-/m1/s1. The summed E-state index contributed by atoms with van der Waals surface area (Å²) in [4.78, 5) is 15.3. The zero-order valence-corrected chi connectivity index (χ0v) is 14.6. The number of ketones is 1. The molecule has 0 saturated carbocycles. The molecule has 0 aliphatic carbocycles. The molecule has 0 amide bonds. The molecular formula is C19H27NO3. The van der Waals surface area contributed by atoms with Gasteiger partial charge in [0, 0.05) is 25.1 Å². The number of carbonyl (C=O) groups is 1. The van der Waals surface area contributed by atoms with Crippen molar-refractivity contribution in [2.75, 3.05) is 33.9 Å². The van der Waals surface area contributed by atoms with Gasteiger partial charge in [-0.15, -0.1) is 0 Å². The molecule has 2 rings (SSSR count). The second-order valence-electron chi connectivity index (χ2n) is 6.14. The predicted molar refractivity (Wildman–Crippen MR) is 92.5 cm³/mol. The normalized spacial score (nSPS) is 19.5. The van der Waals surface area contributed by atoms with Crippen molar-refractivity contribution in [1.29, 1.82) is 0 Å². The van der Waals surface area contributed by atoms with E-state index in [1.807, 2.05) is 12.1 Å². The number of piperidine rings is 1. The van der Waals surface area contributed by atoms with Gasteiger partial charge in [0.05, 0.1) is 19.8 Å². The van der Waals surface area contributed by atoms with E-state index < -0.39 is 0 Å². The summed E-state index contributed by atoms with van der Waals surface area (Å²) >= 11 is 0. The maximum absolute atomic E-state index is 12.9. The smallest absolute Gasteiger partial charge is 0.170 e. The first-order chi connectivity index (χ1) is 11.1. The minimum absolute atomic E-state index is 0.0377. The molecule has 1 aliphatic rings. The van der Waals surface area contributed by atoms with E-state index in [2.05, 4.69) is 24.8 Å². The van der Waals surface area contributed by atoms with Crippen LogP contribution in [0.15, 0.2) is 29.8 Å². The molecule has 0 bridgehead atoms. The Morgan fingerprint density at radius 3 is 2.78 bits per heavy atom. The van der Waals surface area contributed by atoms with Crippen LogP contribution in [0.1, 0.15) is 37.0 Å². The molecule has 1 aromatic carbocycles. The van der Waals surface area contributed by atoms with Gasteiger partial charge in [0.25, 0.3) is 0 Å². The number of hydrogen-bond donors (Lipinski definition) is 0. The number of Topliss-reactive ketones (excluding diaryl/α,β-unsaturated/α-hetero) is 1. The highest BCUT2D eigenvalue weighted by atomic mass is 16.5.